The minimum atomic E-state index is 0.490. The lowest BCUT2D eigenvalue weighted by Crippen LogP contribution is -2.00. The maximum Gasteiger partial charge on any atom is 0.167 e. The van der Waals surface area contributed by atoms with Crippen molar-refractivity contribution in [1.29, 1.82) is 0 Å². The van der Waals surface area contributed by atoms with Gasteiger partial charge in [-0.05, 0) is 99.8 Å². The van der Waals surface area contributed by atoms with Gasteiger partial charge in [0.05, 0.1) is 27.9 Å². The van der Waals surface area contributed by atoms with Crippen LogP contribution in [0.1, 0.15) is 0 Å². The van der Waals surface area contributed by atoms with E-state index < -0.39 is 0 Å². The zero-order chi connectivity index (χ0) is 59.2. The number of rotatable bonds is 9. The summed E-state index contributed by atoms with van der Waals surface area (Å²) in [5.41, 5.74) is 15.6. The van der Waals surface area contributed by atoms with Gasteiger partial charge in [0.15, 0.2) is 34.9 Å². The Balaban J connectivity index is 0.789. The van der Waals surface area contributed by atoms with Crippen molar-refractivity contribution in [2.75, 3.05) is 0 Å². The molecule has 0 fully saturated rings. The first kappa shape index (κ1) is 50.9. The van der Waals surface area contributed by atoms with Gasteiger partial charge in [0.25, 0.3) is 0 Å². The first-order chi connectivity index (χ1) is 44.5. The lowest BCUT2D eigenvalue weighted by Gasteiger charge is -2.13. The third-order valence-electron chi connectivity index (χ3n) is 17.2. The van der Waals surface area contributed by atoms with E-state index in [-0.39, 0.29) is 0 Å². The highest BCUT2D eigenvalue weighted by Gasteiger charge is 2.24. The van der Waals surface area contributed by atoms with E-state index in [0.717, 1.165) is 143 Å². The minimum Gasteiger partial charge on any atom is -0.455 e. The van der Waals surface area contributed by atoms with E-state index in [1.165, 1.54) is 0 Å². The van der Waals surface area contributed by atoms with Crippen LogP contribution in [-0.4, -0.2) is 39.9 Å². The highest BCUT2D eigenvalue weighted by Crippen LogP contribution is 2.45. The maximum absolute atomic E-state index is 7.02. The fraction of sp³-hybridized carbons (Fsp3) is 0. The number of hydrogen-bond acceptors (Lipinski definition) is 10. The SMILES string of the molecule is c1ccc(-c2nc(-c3ccccc3)nc(-c3cc(-c4ccc5c(cnc6ccc(-c7ccc8oc9c(-c%10nc(-c%11ccccc%11)nc(-c%11ccccc%11)n%10)cc(-c%10nc%11ccccc%11c%11ccccc%10%11)cc9c8c7)cc65)c4)cc4c3oc3ccccc34)n2)cc1. The fourth-order valence-electron chi connectivity index (χ4n) is 12.8. The summed E-state index contributed by atoms with van der Waals surface area (Å²) < 4.78 is 13.7. The second-order valence-electron chi connectivity index (χ2n) is 22.6. The van der Waals surface area contributed by atoms with Gasteiger partial charge in [-0.25, -0.2) is 34.9 Å². The summed E-state index contributed by atoms with van der Waals surface area (Å²) in [7, 11) is 0. The molecule has 0 aliphatic heterocycles. The zero-order valence-electron chi connectivity index (χ0n) is 48.0. The number of benzene rings is 12. The van der Waals surface area contributed by atoms with Crippen molar-refractivity contribution >= 4 is 87.2 Å². The number of aromatic nitrogens is 8. The van der Waals surface area contributed by atoms with Crippen LogP contribution in [0.15, 0.2) is 288 Å². The van der Waals surface area contributed by atoms with Gasteiger partial charge >= 0.3 is 0 Å². The Morgan fingerprint density at radius 1 is 0.222 bits per heavy atom. The molecular formula is C80H46N8O2. The second kappa shape index (κ2) is 20.7. The van der Waals surface area contributed by atoms with E-state index in [4.69, 9.17) is 48.7 Å². The molecule has 6 aromatic heterocycles. The molecule has 0 saturated carbocycles. The summed E-state index contributed by atoms with van der Waals surface area (Å²) in [4.78, 5) is 41.4. The highest BCUT2D eigenvalue weighted by atomic mass is 16.3. The van der Waals surface area contributed by atoms with E-state index in [1.54, 1.807) is 0 Å². The molecule has 0 amide bonds. The maximum atomic E-state index is 7.02. The van der Waals surface area contributed by atoms with E-state index in [1.807, 2.05) is 152 Å². The Kier molecular flexibility index (Phi) is 11.7. The number of hydrogen-bond donors (Lipinski definition) is 0. The first-order valence-corrected chi connectivity index (χ1v) is 29.9. The largest absolute Gasteiger partial charge is 0.455 e. The molecule has 10 nitrogen and oxygen atoms in total. The molecule has 6 heterocycles. The van der Waals surface area contributed by atoms with Gasteiger partial charge in [-0.2, -0.15) is 0 Å². The molecule has 0 N–H and O–H groups in total. The van der Waals surface area contributed by atoms with Crippen LogP contribution in [-0.2, 0) is 0 Å². The predicted molar refractivity (Wildman–Crippen MR) is 362 cm³/mol. The molecule has 0 bridgehead atoms. The van der Waals surface area contributed by atoms with Crippen molar-refractivity contribution < 1.29 is 8.83 Å². The van der Waals surface area contributed by atoms with E-state index >= 15 is 0 Å². The average Bonchev–Trinajstić information content (AvgIpc) is 1.53. The van der Waals surface area contributed by atoms with Gasteiger partial charge in [-0.1, -0.05) is 206 Å². The van der Waals surface area contributed by atoms with Gasteiger partial charge in [0.2, 0.25) is 0 Å². The van der Waals surface area contributed by atoms with Gasteiger partial charge in [0, 0.05) is 77.1 Å². The molecule has 10 heteroatoms. The number of nitrogens with zero attached hydrogens (tertiary/aromatic N) is 8. The normalized spacial score (nSPS) is 11.8. The smallest absolute Gasteiger partial charge is 0.167 e. The quantitative estimate of drug-likeness (QED) is 0.129. The summed E-state index contributed by atoms with van der Waals surface area (Å²) in [6.45, 7) is 0. The van der Waals surface area contributed by atoms with Crippen LogP contribution in [0.2, 0.25) is 0 Å². The Bertz CT molecular complexity index is 5800. The molecule has 0 aliphatic rings. The molecule has 418 valence electrons. The van der Waals surface area contributed by atoms with Gasteiger partial charge in [-0.15, -0.1) is 0 Å². The van der Waals surface area contributed by atoms with Gasteiger partial charge < -0.3 is 8.83 Å². The summed E-state index contributed by atoms with van der Waals surface area (Å²) in [5.74, 6) is 3.29. The third-order valence-corrected chi connectivity index (χ3v) is 17.2. The molecule has 90 heavy (non-hydrogen) atoms. The fourth-order valence-corrected chi connectivity index (χ4v) is 12.8. The average molecular weight is 1150 g/mol. The van der Waals surface area contributed by atoms with Crippen molar-refractivity contribution in [2.45, 2.75) is 0 Å². The topological polar surface area (TPSA) is 129 Å². The monoisotopic (exact) mass is 1150 g/mol. The molecule has 0 unspecified atom stereocenters. The summed E-state index contributed by atoms with van der Waals surface area (Å²) in [6.07, 6.45) is 1.97. The van der Waals surface area contributed by atoms with Crippen LogP contribution in [0.4, 0.5) is 0 Å². The van der Waals surface area contributed by atoms with Crippen molar-refractivity contribution in [3.63, 3.8) is 0 Å². The number of fused-ring (bicyclic) bond motifs is 12. The van der Waals surface area contributed by atoms with Crippen molar-refractivity contribution in [3.8, 4) is 102 Å². The van der Waals surface area contributed by atoms with E-state index in [9.17, 15) is 0 Å². The lowest BCUT2D eigenvalue weighted by atomic mass is 9.95. The standard InChI is InChI=1S/C80H46N8O2/c1-5-19-47(20-6-1)75-83-76(48-21-7-2-8-22-48)86-79(85-75)66-43-54(42-64-60-29-16-18-32-70(60)89-73(64)66)51-33-36-57-56(39-51)46-81-68-37-34-52(40-62(57)68)53-35-38-71-63(41-53)65-44-55(72-61-30-14-13-27-58(61)59-28-15-17-31-69(59)82-72)45-67(74(65)90-71)80-87-77(49-23-9-3-10-24-49)84-78(88-80)50-25-11-4-12-26-50/h1-46H. The lowest BCUT2D eigenvalue weighted by molar-refractivity contribution is 0.669. The minimum absolute atomic E-state index is 0.490. The first-order valence-electron chi connectivity index (χ1n) is 29.9. The second-order valence-corrected chi connectivity index (χ2v) is 22.6. The number of para-hydroxylation sites is 2. The molecule has 12 aromatic carbocycles. The summed E-state index contributed by atoms with van der Waals surface area (Å²) in [5, 5.41) is 10.2. The van der Waals surface area contributed by atoms with Crippen LogP contribution in [0.5, 0.6) is 0 Å². The van der Waals surface area contributed by atoms with E-state index in [0.29, 0.717) is 46.1 Å². The van der Waals surface area contributed by atoms with Crippen molar-refractivity contribution in [1.82, 2.24) is 39.9 Å². The van der Waals surface area contributed by atoms with E-state index in [2.05, 4.69) is 127 Å². The molecular weight excluding hydrogens is 1100 g/mol. The van der Waals surface area contributed by atoms with Crippen LogP contribution in [0.25, 0.3) is 189 Å². The third kappa shape index (κ3) is 8.65. The van der Waals surface area contributed by atoms with Crippen molar-refractivity contribution in [2.24, 2.45) is 0 Å². The molecule has 0 spiro atoms. The molecule has 0 aliphatic carbocycles. The molecule has 18 rings (SSSR count). The highest BCUT2D eigenvalue weighted by molar-refractivity contribution is 6.16. The van der Waals surface area contributed by atoms with Crippen LogP contribution < -0.4 is 0 Å². The molecule has 0 radical (unpaired) electrons. The molecule has 18 aromatic rings. The Morgan fingerprint density at radius 3 is 1.27 bits per heavy atom. The van der Waals surface area contributed by atoms with Crippen LogP contribution >= 0.6 is 0 Å². The predicted octanol–water partition coefficient (Wildman–Crippen LogP) is 20.3. The number of furan rings is 2. The van der Waals surface area contributed by atoms with Crippen molar-refractivity contribution in [3.05, 3.63) is 279 Å². The number of pyridine rings is 2. The van der Waals surface area contributed by atoms with Gasteiger partial charge in [0.1, 0.15) is 22.3 Å². The zero-order valence-corrected chi connectivity index (χ0v) is 48.0. The Hall–Kier alpha value is -12.4. The van der Waals surface area contributed by atoms with Gasteiger partial charge in [-0.3, -0.25) is 4.98 Å². The molecule has 0 atom stereocenters. The van der Waals surface area contributed by atoms with Crippen LogP contribution in [0.3, 0.4) is 0 Å². The summed E-state index contributed by atoms with van der Waals surface area (Å²) in [6, 6.07) is 93.5. The Labute approximate surface area is 514 Å². The van der Waals surface area contributed by atoms with Crippen LogP contribution in [0, 0.1) is 0 Å². The Morgan fingerprint density at radius 2 is 0.656 bits per heavy atom. The molecule has 0 saturated heterocycles. The summed E-state index contributed by atoms with van der Waals surface area (Å²) >= 11 is 0.